The molecule has 1 saturated heterocycles. The number of amides is 1. The second-order valence-electron chi connectivity index (χ2n) is 8.58. The van der Waals surface area contributed by atoms with Crippen molar-refractivity contribution in [1.82, 2.24) is 20.1 Å². The first-order valence-corrected chi connectivity index (χ1v) is 12.5. The van der Waals surface area contributed by atoms with Gasteiger partial charge in [0.25, 0.3) is 5.91 Å². The smallest absolute Gasteiger partial charge is 0.273 e. The van der Waals surface area contributed by atoms with Crippen molar-refractivity contribution in [3.63, 3.8) is 0 Å². The number of morpholine rings is 1. The van der Waals surface area contributed by atoms with Crippen LogP contribution in [0.2, 0.25) is 10.0 Å². The Kier molecular flexibility index (Phi) is 9.18. The van der Waals surface area contributed by atoms with Crippen LogP contribution in [-0.4, -0.2) is 60.1 Å². The summed E-state index contributed by atoms with van der Waals surface area (Å²) in [6.07, 6.45) is 1.42. The van der Waals surface area contributed by atoms with Gasteiger partial charge in [0.2, 0.25) is 5.89 Å². The molecule has 3 aromatic rings. The van der Waals surface area contributed by atoms with E-state index in [0.717, 1.165) is 38.4 Å². The van der Waals surface area contributed by atoms with Crippen molar-refractivity contribution < 1.29 is 13.9 Å². The molecule has 1 N–H and O–H groups in total. The van der Waals surface area contributed by atoms with Crippen molar-refractivity contribution in [3.05, 3.63) is 87.6 Å². The maximum Gasteiger partial charge on any atom is 0.273 e. The first-order valence-electron chi connectivity index (χ1n) is 11.7. The summed E-state index contributed by atoms with van der Waals surface area (Å²) in [5.74, 6) is 0.242. The molecule has 0 saturated carbocycles. The van der Waals surface area contributed by atoms with E-state index in [0.29, 0.717) is 35.6 Å². The topological polar surface area (TPSA) is 70.8 Å². The van der Waals surface area contributed by atoms with Crippen LogP contribution in [0.3, 0.4) is 0 Å². The van der Waals surface area contributed by atoms with Gasteiger partial charge in [0, 0.05) is 38.8 Å². The van der Waals surface area contributed by atoms with Crippen LogP contribution in [0.25, 0.3) is 0 Å². The quantitative estimate of drug-likeness (QED) is 0.417. The van der Waals surface area contributed by atoms with Crippen LogP contribution in [0.4, 0.5) is 0 Å². The van der Waals surface area contributed by atoms with E-state index in [1.807, 2.05) is 30.3 Å². The lowest BCUT2D eigenvalue weighted by Gasteiger charge is -2.28. The summed E-state index contributed by atoms with van der Waals surface area (Å²) in [5, 5.41) is 3.97. The van der Waals surface area contributed by atoms with Gasteiger partial charge in [0.05, 0.1) is 29.8 Å². The number of carbonyl (C=O) groups is 1. The number of aromatic nitrogens is 1. The Balaban J connectivity index is 1.41. The summed E-state index contributed by atoms with van der Waals surface area (Å²) < 4.78 is 11.0. The summed E-state index contributed by atoms with van der Waals surface area (Å²) >= 11 is 12.3. The molecule has 1 fully saturated rings. The molecule has 0 bridgehead atoms. The predicted molar refractivity (Wildman–Crippen MR) is 137 cm³/mol. The molecule has 7 nitrogen and oxygen atoms in total. The lowest BCUT2D eigenvalue weighted by molar-refractivity contribution is 0.0383. The number of rotatable bonds is 10. The van der Waals surface area contributed by atoms with Crippen LogP contribution >= 0.6 is 23.2 Å². The molecule has 1 atom stereocenters. The van der Waals surface area contributed by atoms with E-state index in [-0.39, 0.29) is 17.6 Å². The van der Waals surface area contributed by atoms with Gasteiger partial charge in [0.15, 0.2) is 5.69 Å². The number of hydrogen-bond acceptors (Lipinski definition) is 6. The molecule has 1 aromatic heterocycles. The predicted octanol–water partition coefficient (Wildman–Crippen LogP) is 4.81. The average Bonchev–Trinajstić information content (AvgIpc) is 3.35. The van der Waals surface area contributed by atoms with E-state index in [1.54, 1.807) is 6.07 Å². The second-order valence-corrected chi connectivity index (χ2v) is 9.39. The van der Waals surface area contributed by atoms with E-state index in [4.69, 9.17) is 32.4 Å². The van der Waals surface area contributed by atoms with Crippen LogP contribution < -0.4 is 5.32 Å². The third-order valence-electron chi connectivity index (χ3n) is 6.14. The van der Waals surface area contributed by atoms with Crippen LogP contribution in [0.1, 0.15) is 40.5 Å². The Morgan fingerprint density at radius 3 is 2.63 bits per heavy atom. The van der Waals surface area contributed by atoms with Crippen molar-refractivity contribution >= 4 is 29.1 Å². The Morgan fingerprint density at radius 2 is 1.89 bits per heavy atom. The number of ether oxygens (including phenoxy) is 1. The Labute approximate surface area is 216 Å². The highest BCUT2D eigenvalue weighted by atomic mass is 35.5. The van der Waals surface area contributed by atoms with Gasteiger partial charge in [-0.25, -0.2) is 4.98 Å². The molecular formula is C26H30Cl2N4O3. The van der Waals surface area contributed by atoms with Gasteiger partial charge in [-0.15, -0.1) is 0 Å². The van der Waals surface area contributed by atoms with Crippen molar-refractivity contribution in [3.8, 4) is 0 Å². The highest BCUT2D eigenvalue weighted by molar-refractivity contribution is 6.42. The third-order valence-corrected chi connectivity index (χ3v) is 6.88. The highest BCUT2D eigenvalue weighted by Crippen LogP contribution is 2.27. The second kappa shape index (κ2) is 12.5. The third kappa shape index (κ3) is 7.29. The minimum absolute atomic E-state index is 0.0725. The van der Waals surface area contributed by atoms with Crippen molar-refractivity contribution in [2.75, 3.05) is 39.4 Å². The van der Waals surface area contributed by atoms with Crippen LogP contribution in [0.5, 0.6) is 0 Å². The molecule has 0 spiro atoms. The SMILES string of the molecule is CC(c1ccccc1)N(Cc1ccc(Cl)c(Cl)c1)Cc1nc(C(=O)NCCN2CCOCC2)co1. The molecule has 2 aromatic carbocycles. The fraction of sp³-hybridized carbons (Fsp3) is 0.385. The van der Waals surface area contributed by atoms with E-state index < -0.39 is 0 Å². The lowest BCUT2D eigenvalue weighted by Crippen LogP contribution is -2.41. The van der Waals surface area contributed by atoms with Gasteiger partial charge in [-0.1, -0.05) is 59.6 Å². The summed E-state index contributed by atoms with van der Waals surface area (Å²) in [4.78, 5) is 21.5. The summed E-state index contributed by atoms with van der Waals surface area (Å²) in [6, 6.07) is 15.9. The van der Waals surface area contributed by atoms with Crippen LogP contribution in [-0.2, 0) is 17.8 Å². The van der Waals surface area contributed by atoms with E-state index in [1.165, 1.54) is 11.8 Å². The number of benzene rings is 2. The Bertz CT molecular complexity index is 1100. The van der Waals surface area contributed by atoms with E-state index in [9.17, 15) is 4.79 Å². The molecule has 9 heteroatoms. The number of oxazole rings is 1. The number of nitrogens with one attached hydrogen (secondary N) is 1. The van der Waals surface area contributed by atoms with Gasteiger partial charge in [-0.2, -0.15) is 0 Å². The molecule has 186 valence electrons. The summed E-state index contributed by atoms with van der Waals surface area (Å²) in [6.45, 7) is 7.75. The minimum Gasteiger partial charge on any atom is -0.447 e. The zero-order chi connectivity index (χ0) is 24.6. The first-order chi connectivity index (χ1) is 17.0. The number of hydrogen-bond donors (Lipinski definition) is 1. The van der Waals surface area contributed by atoms with Gasteiger partial charge in [0.1, 0.15) is 6.26 Å². The maximum absolute atomic E-state index is 12.6. The first kappa shape index (κ1) is 25.7. The fourth-order valence-corrected chi connectivity index (χ4v) is 4.37. The molecule has 2 heterocycles. The van der Waals surface area contributed by atoms with Crippen LogP contribution in [0.15, 0.2) is 59.2 Å². The van der Waals surface area contributed by atoms with Crippen molar-refractivity contribution in [1.29, 1.82) is 0 Å². The van der Waals surface area contributed by atoms with Gasteiger partial charge < -0.3 is 14.5 Å². The molecule has 0 radical (unpaired) electrons. The highest BCUT2D eigenvalue weighted by Gasteiger charge is 2.21. The van der Waals surface area contributed by atoms with Gasteiger partial charge >= 0.3 is 0 Å². The van der Waals surface area contributed by atoms with E-state index >= 15 is 0 Å². The molecular weight excluding hydrogens is 487 g/mol. The van der Waals surface area contributed by atoms with Crippen LogP contribution in [0, 0.1) is 0 Å². The molecule has 0 aliphatic carbocycles. The largest absolute Gasteiger partial charge is 0.447 e. The minimum atomic E-state index is -0.236. The number of carbonyl (C=O) groups excluding carboxylic acids is 1. The number of halogens is 2. The van der Waals surface area contributed by atoms with Crippen molar-refractivity contribution in [2.45, 2.75) is 26.1 Å². The zero-order valence-corrected chi connectivity index (χ0v) is 21.3. The fourth-order valence-electron chi connectivity index (χ4n) is 4.05. The Hall–Kier alpha value is -2.42. The van der Waals surface area contributed by atoms with E-state index in [2.05, 4.69) is 39.2 Å². The van der Waals surface area contributed by atoms with Gasteiger partial charge in [-0.05, 0) is 30.2 Å². The molecule has 1 unspecified atom stereocenters. The molecule has 1 amide bonds. The van der Waals surface area contributed by atoms with Gasteiger partial charge in [-0.3, -0.25) is 14.6 Å². The molecule has 4 rings (SSSR count). The monoisotopic (exact) mass is 516 g/mol. The normalized spacial score (nSPS) is 15.3. The molecule has 35 heavy (non-hydrogen) atoms. The maximum atomic E-state index is 12.6. The standard InChI is InChI=1S/C26H30Cl2N4O3/c1-19(21-5-3-2-4-6-21)32(16-20-7-8-22(27)23(28)15-20)17-25-30-24(18-35-25)26(33)29-9-10-31-11-13-34-14-12-31/h2-8,15,18-19H,9-14,16-17H2,1H3,(H,29,33). The molecule has 1 aliphatic heterocycles. The summed E-state index contributed by atoms with van der Waals surface area (Å²) in [5.41, 5.74) is 2.47. The number of nitrogens with zero attached hydrogens (tertiary/aromatic N) is 3. The van der Waals surface area contributed by atoms with Crippen molar-refractivity contribution in [2.24, 2.45) is 0 Å². The Morgan fingerprint density at radius 1 is 1.11 bits per heavy atom. The molecule has 1 aliphatic rings. The summed E-state index contributed by atoms with van der Waals surface area (Å²) in [7, 11) is 0. The average molecular weight is 517 g/mol. The lowest BCUT2D eigenvalue weighted by atomic mass is 10.1. The zero-order valence-electron chi connectivity index (χ0n) is 19.8.